The number of hydrogen-bond donors (Lipinski definition) is 1. The van der Waals surface area contributed by atoms with Gasteiger partial charge in [0.2, 0.25) is 0 Å². The summed E-state index contributed by atoms with van der Waals surface area (Å²) in [5, 5.41) is 16.6. The summed E-state index contributed by atoms with van der Waals surface area (Å²) in [7, 11) is 0. The Bertz CT molecular complexity index is 360. The predicted molar refractivity (Wildman–Crippen MR) is 84.0 cm³/mol. The van der Waals surface area contributed by atoms with Gasteiger partial charge in [-0.3, -0.25) is 0 Å². The van der Waals surface area contributed by atoms with Gasteiger partial charge in [0.1, 0.15) is 0 Å². The highest BCUT2D eigenvalue weighted by atomic mass is 35.5. The summed E-state index contributed by atoms with van der Waals surface area (Å²) in [6, 6.07) is 2.02. The van der Waals surface area contributed by atoms with Crippen LogP contribution in [-0.4, -0.2) is 35.5 Å². The third kappa shape index (κ3) is 5.51. The van der Waals surface area contributed by atoms with E-state index in [1.165, 1.54) is 38.8 Å². The lowest BCUT2D eigenvalue weighted by Crippen LogP contribution is -2.26. The fraction of sp³-hybridized carbons (Fsp3) is 0.643. The van der Waals surface area contributed by atoms with Gasteiger partial charge in [-0.15, -0.1) is 12.4 Å². The Morgan fingerprint density at radius 3 is 2.58 bits per heavy atom. The lowest BCUT2D eigenvalue weighted by molar-refractivity contribution is 0.282. The van der Waals surface area contributed by atoms with Gasteiger partial charge < -0.3 is 10.1 Å². The highest BCUT2D eigenvalue weighted by Crippen LogP contribution is 2.13. The van der Waals surface area contributed by atoms with E-state index in [-0.39, 0.29) is 12.4 Å². The number of halogens is 1. The van der Waals surface area contributed by atoms with Gasteiger partial charge in [0, 0.05) is 5.56 Å². The van der Waals surface area contributed by atoms with Crippen LogP contribution in [0.15, 0.2) is 22.0 Å². The number of rotatable bonds is 5. The minimum absolute atomic E-state index is 0. The topological polar surface area (TPSA) is 35.8 Å². The van der Waals surface area contributed by atoms with Crippen LogP contribution in [0.5, 0.6) is 0 Å². The Hall–Kier alpha value is -0.580. The molecule has 0 bridgehead atoms. The van der Waals surface area contributed by atoms with Crippen LogP contribution in [0.4, 0.5) is 0 Å². The van der Waals surface area contributed by atoms with E-state index < -0.39 is 0 Å². The Balaban J connectivity index is 0.00000180. The molecule has 5 heteroatoms. The van der Waals surface area contributed by atoms with Crippen molar-refractivity contribution in [1.29, 1.82) is 0 Å². The monoisotopic (exact) mass is 302 g/mol. The first-order chi connectivity index (χ1) is 8.90. The zero-order valence-corrected chi connectivity index (χ0v) is 12.9. The minimum atomic E-state index is 0. The van der Waals surface area contributed by atoms with Crippen LogP contribution in [0.2, 0.25) is 0 Å². The average molecular weight is 303 g/mol. The number of hydrogen-bond acceptors (Lipinski definition) is 4. The fourth-order valence-corrected chi connectivity index (χ4v) is 3.18. The molecule has 108 valence electrons. The first-order valence-corrected chi connectivity index (χ1v) is 7.80. The highest BCUT2D eigenvalue weighted by Gasteiger charge is 2.10. The van der Waals surface area contributed by atoms with Crippen LogP contribution < -0.4 is 0 Å². The Morgan fingerprint density at radius 2 is 2.00 bits per heavy atom. The summed E-state index contributed by atoms with van der Waals surface area (Å²) in [6.07, 6.45) is 7.39. The molecular formula is C14H23ClN2OS. The first kappa shape index (κ1) is 16.5. The van der Waals surface area contributed by atoms with Crippen molar-refractivity contribution in [1.82, 2.24) is 4.90 Å². The molecule has 0 radical (unpaired) electrons. The molecule has 0 atom stereocenters. The van der Waals surface area contributed by atoms with Crippen molar-refractivity contribution in [3.8, 4) is 0 Å². The standard InChI is InChI=1S/C14H22N2OS.ClH/c17-15-14(13-7-11-18-12-13)6-5-10-16-8-3-1-2-4-9-16;/h7,11-12,17H,1-6,8-10H2;1H/b15-14-;. The van der Waals surface area contributed by atoms with E-state index in [1.54, 1.807) is 11.3 Å². The summed E-state index contributed by atoms with van der Waals surface area (Å²) >= 11 is 1.65. The van der Waals surface area contributed by atoms with Crippen LogP contribution >= 0.6 is 23.7 Å². The van der Waals surface area contributed by atoms with Crippen molar-refractivity contribution in [2.75, 3.05) is 19.6 Å². The molecule has 0 amide bonds. The molecule has 1 aliphatic heterocycles. The molecule has 1 N–H and O–H groups in total. The molecule has 19 heavy (non-hydrogen) atoms. The first-order valence-electron chi connectivity index (χ1n) is 6.86. The van der Waals surface area contributed by atoms with Crippen LogP contribution in [0.1, 0.15) is 44.1 Å². The molecule has 2 heterocycles. The molecule has 1 aromatic rings. The van der Waals surface area contributed by atoms with Gasteiger partial charge >= 0.3 is 0 Å². The van der Waals surface area contributed by atoms with Crippen molar-refractivity contribution < 1.29 is 5.21 Å². The SMILES string of the molecule is Cl.O/N=C(/CCCN1CCCCCC1)c1ccsc1. The molecule has 3 nitrogen and oxygen atoms in total. The molecule has 0 aromatic carbocycles. The fourth-order valence-electron chi connectivity index (χ4n) is 2.51. The average Bonchev–Trinajstić information content (AvgIpc) is 2.79. The van der Waals surface area contributed by atoms with E-state index in [1.807, 2.05) is 16.8 Å². The van der Waals surface area contributed by atoms with Crippen LogP contribution in [0.25, 0.3) is 0 Å². The van der Waals surface area contributed by atoms with E-state index in [9.17, 15) is 0 Å². The summed E-state index contributed by atoms with van der Waals surface area (Å²) in [6.45, 7) is 3.61. The van der Waals surface area contributed by atoms with Crippen molar-refractivity contribution in [2.24, 2.45) is 5.16 Å². The lowest BCUT2D eigenvalue weighted by atomic mass is 10.1. The Labute approximate surface area is 125 Å². The summed E-state index contributed by atoms with van der Waals surface area (Å²) in [5.41, 5.74) is 1.89. The van der Waals surface area contributed by atoms with Gasteiger partial charge in [-0.2, -0.15) is 11.3 Å². The van der Waals surface area contributed by atoms with E-state index in [0.29, 0.717) is 0 Å². The summed E-state index contributed by atoms with van der Waals surface area (Å²) < 4.78 is 0. The highest BCUT2D eigenvalue weighted by molar-refractivity contribution is 7.08. The van der Waals surface area contributed by atoms with Gasteiger partial charge in [0.15, 0.2) is 0 Å². The van der Waals surface area contributed by atoms with Gasteiger partial charge in [0.05, 0.1) is 5.71 Å². The van der Waals surface area contributed by atoms with E-state index >= 15 is 0 Å². The Morgan fingerprint density at radius 1 is 1.26 bits per heavy atom. The van der Waals surface area contributed by atoms with Gasteiger partial charge in [-0.25, -0.2) is 0 Å². The Kier molecular flexibility index (Phi) is 8.10. The molecule has 0 spiro atoms. The summed E-state index contributed by atoms with van der Waals surface area (Å²) in [5.74, 6) is 0. The quantitative estimate of drug-likeness (QED) is 0.507. The van der Waals surface area contributed by atoms with Gasteiger partial charge in [0.25, 0.3) is 0 Å². The molecule has 0 saturated carbocycles. The number of nitrogens with zero attached hydrogens (tertiary/aromatic N) is 2. The van der Waals surface area contributed by atoms with Crippen molar-refractivity contribution in [3.63, 3.8) is 0 Å². The molecule has 1 saturated heterocycles. The van der Waals surface area contributed by atoms with E-state index in [2.05, 4.69) is 10.1 Å². The lowest BCUT2D eigenvalue weighted by Gasteiger charge is -2.19. The molecule has 1 aliphatic rings. The molecule has 1 aromatic heterocycles. The number of likely N-dealkylation sites (tertiary alicyclic amines) is 1. The van der Waals surface area contributed by atoms with Crippen LogP contribution in [0, 0.1) is 0 Å². The molecule has 0 aliphatic carbocycles. The maximum Gasteiger partial charge on any atom is 0.0876 e. The molecule has 1 fully saturated rings. The van der Waals surface area contributed by atoms with E-state index in [0.717, 1.165) is 30.7 Å². The molecular weight excluding hydrogens is 280 g/mol. The number of oxime groups is 1. The van der Waals surface area contributed by atoms with Crippen molar-refractivity contribution >= 4 is 29.5 Å². The van der Waals surface area contributed by atoms with Crippen molar-refractivity contribution in [2.45, 2.75) is 38.5 Å². The second-order valence-corrected chi connectivity index (χ2v) is 5.70. The largest absolute Gasteiger partial charge is 0.411 e. The molecule has 0 unspecified atom stereocenters. The zero-order valence-electron chi connectivity index (χ0n) is 11.3. The minimum Gasteiger partial charge on any atom is -0.411 e. The van der Waals surface area contributed by atoms with Crippen LogP contribution in [0.3, 0.4) is 0 Å². The second-order valence-electron chi connectivity index (χ2n) is 4.92. The maximum atomic E-state index is 9.06. The van der Waals surface area contributed by atoms with Gasteiger partial charge in [-0.05, 0) is 62.1 Å². The number of thiophene rings is 1. The molecule has 2 rings (SSSR count). The third-order valence-corrected chi connectivity index (χ3v) is 4.24. The maximum absolute atomic E-state index is 9.06. The normalized spacial score (nSPS) is 17.8. The second kappa shape index (κ2) is 9.34. The smallest absolute Gasteiger partial charge is 0.0876 e. The third-order valence-electron chi connectivity index (χ3n) is 3.56. The summed E-state index contributed by atoms with van der Waals surface area (Å²) in [4.78, 5) is 2.55. The van der Waals surface area contributed by atoms with Crippen molar-refractivity contribution in [3.05, 3.63) is 22.4 Å². The predicted octanol–water partition coefficient (Wildman–Crippen LogP) is 4.00. The van der Waals surface area contributed by atoms with Crippen LogP contribution in [-0.2, 0) is 0 Å². The zero-order chi connectivity index (χ0) is 12.6. The van der Waals surface area contributed by atoms with Gasteiger partial charge in [-0.1, -0.05) is 18.0 Å². The van der Waals surface area contributed by atoms with E-state index in [4.69, 9.17) is 5.21 Å².